The summed E-state index contributed by atoms with van der Waals surface area (Å²) in [6.45, 7) is 2.78. The predicted octanol–water partition coefficient (Wildman–Crippen LogP) is 0.228. The number of rotatable bonds is 19. The van der Waals surface area contributed by atoms with Gasteiger partial charge in [-0.25, -0.2) is 15.0 Å². The van der Waals surface area contributed by atoms with E-state index in [1.807, 2.05) is 13.8 Å². The van der Waals surface area contributed by atoms with Crippen molar-refractivity contribution in [3.63, 3.8) is 0 Å². The molecule has 248 valence electrons. The highest BCUT2D eigenvalue weighted by Crippen LogP contribution is 2.26. The highest BCUT2D eigenvalue weighted by atomic mass is 16.5. The minimum atomic E-state index is -1.60. The Bertz CT molecular complexity index is 1170. The Hall–Kier alpha value is -2.95. The molecule has 3 rings (SSSR count). The van der Waals surface area contributed by atoms with Crippen molar-refractivity contribution >= 4 is 28.8 Å². The molecule has 1 fully saturated rings. The van der Waals surface area contributed by atoms with Gasteiger partial charge in [0.25, 0.3) is 0 Å². The molecule has 0 saturated carbocycles. The molecule has 2 aromatic rings. The standard InChI is InChI=1S/C29H49N7O8/c1-3-29(2,43)13-11-9-7-5-4-6-8-10-12-19(39)30-14-20(40)35-21-23(41)24(42)28(44-25(21)18(38)15-37)36-27-22-26(32-16-31-22)33-17-34-27/h16-18,21,23-25,28,37-38,41-43H,3-15H2,1-2H3,(H,30,39)(H,35,40)(H2,31,32,33,34,36)/t18-,21+,23+,24-,25-,28+,29?/m0/s1. The molecule has 15 nitrogen and oxygen atoms in total. The van der Waals surface area contributed by atoms with E-state index in [4.69, 9.17) is 4.74 Å². The van der Waals surface area contributed by atoms with Gasteiger partial charge in [0.15, 0.2) is 17.7 Å². The number of aliphatic hydroxyl groups excluding tert-OH is 4. The van der Waals surface area contributed by atoms with Crippen LogP contribution in [0.3, 0.4) is 0 Å². The first kappa shape index (κ1) is 35.5. The van der Waals surface area contributed by atoms with E-state index in [1.54, 1.807) is 0 Å². The van der Waals surface area contributed by atoms with Crippen LogP contribution in [0.25, 0.3) is 11.2 Å². The number of anilines is 1. The number of aliphatic hydroxyl groups is 5. The Morgan fingerprint density at radius 2 is 1.70 bits per heavy atom. The van der Waals surface area contributed by atoms with E-state index in [2.05, 4.69) is 35.9 Å². The minimum Gasteiger partial charge on any atom is -0.394 e. The number of carbonyl (C=O) groups excluding carboxylic acids is 2. The average molecular weight is 624 g/mol. The van der Waals surface area contributed by atoms with Gasteiger partial charge in [-0.05, 0) is 26.2 Å². The highest BCUT2D eigenvalue weighted by molar-refractivity contribution is 5.85. The van der Waals surface area contributed by atoms with Crippen molar-refractivity contribution in [1.29, 1.82) is 0 Å². The van der Waals surface area contributed by atoms with Gasteiger partial charge >= 0.3 is 0 Å². The minimum absolute atomic E-state index is 0.222. The van der Waals surface area contributed by atoms with Crippen LogP contribution in [0.5, 0.6) is 0 Å². The molecule has 1 aliphatic heterocycles. The Labute approximate surface area is 257 Å². The summed E-state index contributed by atoms with van der Waals surface area (Å²) in [5.74, 6) is -0.718. The summed E-state index contributed by atoms with van der Waals surface area (Å²) in [4.78, 5) is 39.9. The summed E-state index contributed by atoms with van der Waals surface area (Å²) in [6, 6.07) is -1.29. The maximum atomic E-state index is 12.6. The Morgan fingerprint density at radius 3 is 2.39 bits per heavy atom. The first-order chi connectivity index (χ1) is 21.1. The molecule has 2 amide bonds. The molecule has 44 heavy (non-hydrogen) atoms. The number of carbonyl (C=O) groups is 2. The average Bonchev–Trinajstić information content (AvgIpc) is 3.50. The van der Waals surface area contributed by atoms with Crippen LogP contribution in [0.1, 0.15) is 84.5 Å². The second kappa shape index (κ2) is 17.5. The number of nitrogens with one attached hydrogen (secondary N) is 4. The van der Waals surface area contributed by atoms with Crippen LogP contribution in [-0.2, 0) is 14.3 Å². The van der Waals surface area contributed by atoms with Crippen LogP contribution in [0.4, 0.5) is 5.82 Å². The number of hydrogen-bond donors (Lipinski definition) is 9. The van der Waals surface area contributed by atoms with Crippen LogP contribution in [0.15, 0.2) is 12.7 Å². The van der Waals surface area contributed by atoms with E-state index in [1.165, 1.54) is 12.7 Å². The van der Waals surface area contributed by atoms with Crippen LogP contribution in [0, 0.1) is 0 Å². The summed E-state index contributed by atoms with van der Waals surface area (Å²) < 4.78 is 5.78. The van der Waals surface area contributed by atoms with Crippen molar-refractivity contribution < 1.29 is 39.9 Å². The quantitative estimate of drug-likeness (QED) is 0.0957. The predicted molar refractivity (Wildman–Crippen MR) is 161 cm³/mol. The third kappa shape index (κ3) is 10.6. The van der Waals surface area contributed by atoms with Crippen molar-refractivity contribution in [3.8, 4) is 0 Å². The van der Waals surface area contributed by atoms with Gasteiger partial charge < -0.3 is 51.2 Å². The summed E-state index contributed by atoms with van der Waals surface area (Å²) in [5, 5.41) is 59.5. The highest BCUT2D eigenvalue weighted by Gasteiger charge is 2.48. The molecule has 0 bridgehead atoms. The first-order valence-corrected chi connectivity index (χ1v) is 15.6. The maximum absolute atomic E-state index is 12.6. The second-order valence-corrected chi connectivity index (χ2v) is 11.8. The van der Waals surface area contributed by atoms with E-state index < -0.39 is 54.8 Å². The monoisotopic (exact) mass is 623 g/mol. The van der Waals surface area contributed by atoms with Crippen molar-refractivity contribution in [1.82, 2.24) is 30.6 Å². The van der Waals surface area contributed by atoms with E-state index in [9.17, 15) is 35.1 Å². The van der Waals surface area contributed by atoms with Gasteiger partial charge in [-0.15, -0.1) is 0 Å². The number of unbranched alkanes of at least 4 members (excludes halogenated alkanes) is 7. The summed E-state index contributed by atoms with van der Waals surface area (Å²) >= 11 is 0. The van der Waals surface area contributed by atoms with Gasteiger partial charge in [0.05, 0.1) is 31.1 Å². The van der Waals surface area contributed by atoms with Gasteiger partial charge in [0, 0.05) is 6.42 Å². The zero-order chi connectivity index (χ0) is 32.1. The molecule has 0 aromatic carbocycles. The summed E-state index contributed by atoms with van der Waals surface area (Å²) in [5.41, 5.74) is 0.219. The van der Waals surface area contributed by atoms with Crippen molar-refractivity contribution in [2.24, 2.45) is 0 Å². The van der Waals surface area contributed by atoms with Gasteiger partial charge in [0.2, 0.25) is 11.8 Å². The number of fused-ring (bicyclic) bond motifs is 1. The molecule has 0 radical (unpaired) electrons. The lowest BCUT2D eigenvalue weighted by Gasteiger charge is -2.44. The third-order valence-electron chi connectivity index (χ3n) is 8.16. The number of ether oxygens (including phenoxy) is 1. The molecule has 1 unspecified atom stereocenters. The molecular formula is C29H49N7O8. The van der Waals surface area contributed by atoms with Crippen molar-refractivity contribution in [3.05, 3.63) is 12.7 Å². The number of imidazole rings is 1. The smallest absolute Gasteiger partial charge is 0.239 e. The number of hydrogen-bond acceptors (Lipinski definition) is 12. The van der Waals surface area contributed by atoms with Gasteiger partial charge in [-0.2, -0.15) is 0 Å². The number of aromatic nitrogens is 4. The summed E-state index contributed by atoms with van der Waals surface area (Å²) in [6.07, 6.45) is 5.42. The van der Waals surface area contributed by atoms with E-state index in [0.29, 0.717) is 17.6 Å². The van der Waals surface area contributed by atoms with E-state index >= 15 is 0 Å². The lowest BCUT2D eigenvalue weighted by atomic mass is 9.92. The number of aromatic amines is 1. The third-order valence-corrected chi connectivity index (χ3v) is 8.16. The molecule has 2 aromatic heterocycles. The Kier molecular flexibility index (Phi) is 14.1. The fraction of sp³-hybridized carbons (Fsp3) is 0.759. The molecule has 9 N–H and O–H groups in total. The second-order valence-electron chi connectivity index (χ2n) is 11.8. The fourth-order valence-electron chi connectivity index (χ4n) is 5.18. The van der Waals surface area contributed by atoms with Crippen molar-refractivity contribution in [2.75, 3.05) is 18.5 Å². The van der Waals surface area contributed by atoms with Crippen molar-refractivity contribution in [2.45, 2.75) is 127 Å². The van der Waals surface area contributed by atoms with Gasteiger partial charge in [-0.1, -0.05) is 51.9 Å². The number of H-pyrrole nitrogens is 1. The topological polar surface area (TPSA) is 235 Å². The molecule has 15 heteroatoms. The van der Waals surface area contributed by atoms with Crippen LogP contribution in [-0.4, -0.2) is 113 Å². The largest absolute Gasteiger partial charge is 0.394 e. The first-order valence-electron chi connectivity index (χ1n) is 15.6. The van der Waals surface area contributed by atoms with Crippen LogP contribution in [0.2, 0.25) is 0 Å². The number of nitrogens with zero attached hydrogens (tertiary/aromatic N) is 3. The van der Waals surface area contributed by atoms with E-state index in [-0.39, 0.29) is 24.7 Å². The molecular weight excluding hydrogens is 574 g/mol. The Morgan fingerprint density at radius 1 is 1.02 bits per heavy atom. The van der Waals surface area contributed by atoms with Gasteiger partial charge in [-0.3, -0.25) is 9.59 Å². The Balaban J connectivity index is 1.37. The molecule has 0 aliphatic carbocycles. The molecule has 1 aliphatic rings. The molecule has 3 heterocycles. The van der Waals surface area contributed by atoms with Crippen LogP contribution >= 0.6 is 0 Å². The fourth-order valence-corrected chi connectivity index (χ4v) is 5.18. The molecule has 1 saturated heterocycles. The zero-order valence-electron chi connectivity index (χ0n) is 25.6. The normalized spacial score (nSPS) is 24.0. The van der Waals surface area contributed by atoms with Gasteiger partial charge in [0.1, 0.15) is 36.3 Å². The summed E-state index contributed by atoms with van der Waals surface area (Å²) in [7, 11) is 0. The van der Waals surface area contributed by atoms with Crippen LogP contribution < -0.4 is 16.0 Å². The lowest BCUT2D eigenvalue weighted by Crippen LogP contribution is -2.68. The maximum Gasteiger partial charge on any atom is 0.239 e. The zero-order valence-corrected chi connectivity index (χ0v) is 25.6. The number of amides is 2. The SMILES string of the molecule is CCC(C)(O)CCCCCCCCCCC(=O)NCC(=O)N[C@@H]1[C@@H](O)[C@H](O)[C@H](Nc2ncnc3nc[nH]c23)O[C@H]1[C@@H](O)CO. The molecule has 0 spiro atoms. The van der Waals surface area contributed by atoms with E-state index in [0.717, 1.165) is 57.8 Å². The lowest BCUT2D eigenvalue weighted by molar-refractivity contribution is -0.204. The molecule has 7 atom stereocenters.